The molecule has 1 aromatic heterocycles. The van der Waals surface area contributed by atoms with E-state index in [-0.39, 0.29) is 18.8 Å². The Balaban J connectivity index is 2.27. The van der Waals surface area contributed by atoms with Crippen molar-refractivity contribution in [1.29, 1.82) is 0 Å². The summed E-state index contributed by atoms with van der Waals surface area (Å²) in [5.74, 6) is 0.141. The number of nitrogen functional groups attached to an aromatic ring is 1. The zero-order chi connectivity index (χ0) is 14.0. The first-order valence-corrected chi connectivity index (χ1v) is 6.34. The molecule has 4 N–H and O–H groups in total. The van der Waals surface area contributed by atoms with Crippen molar-refractivity contribution < 1.29 is 14.9 Å². The number of rotatable bonds is 4. The molecule has 2 heterocycles. The summed E-state index contributed by atoms with van der Waals surface area (Å²) in [6.07, 6.45) is 1.58. The van der Waals surface area contributed by atoms with Gasteiger partial charge >= 0.3 is 5.69 Å². The molecule has 0 bridgehead atoms. The van der Waals surface area contributed by atoms with Gasteiger partial charge in [0.05, 0.1) is 12.7 Å². The van der Waals surface area contributed by atoms with Crippen LogP contribution in [-0.2, 0) is 4.74 Å². The minimum Gasteiger partial charge on any atom is -0.393 e. The molecule has 1 aliphatic rings. The highest BCUT2D eigenvalue weighted by atomic mass is 16.6. The summed E-state index contributed by atoms with van der Waals surface area (Å²) < 4.78 is 7.02. The minimum absolute atomic E-state index is 0.141. The molecule has 0 amide bonds. The molecule has 1 aromatic rings. The Morgan fingerprint density at radius 2 is 2.42 bits per heavy atom. The number of aliphatic hydroxyl groups is 2. The second kappa shape index (κ2) is 5.28. The van der Waals surface area contributed by atoms with Gasteiger partial charge in [-0.1, -0.05) is 13.3 Å². The van der Waals surface area contributed by atoms with E-state index < -0.39 is 23.6 Å². The number of aromatic nitrogens is 2. The first kappa shape index (κ1) is 14.0. The molecule has 106 valence electrons. The molecule has 3 atom stereocenters. The monoisotopic (exact) mass is 269 g/mol. The number of hydrogen-bond donors (Lipinski definition) is 3. The minimum atomic E-state index is -1.000. The van der Waals surface area contributed by atoms with Crippen LogP contribution in [-0.4, -0.2) is 38.1 Å². The maximum Gasteiger partial charge on any atom is 0.351 e. The smallest absolute Gasteiger partial charge is 0.351 e. The molecular formula is C12H19N3O4. The molecule has 1 saturated heterocycles. The van der Waals surface area contributed by atoms with Crippen LogP contribution < -0.4 is 11.4 Å². The predicted octanol–water partition coefficient (Wildman–Crippen LogP) is -0.364. The maximum absolute atomic E-state index is 11.7. The SMILES string of the molecule is CCC[C@]1(CO)O[C@@H](n2ccc(N)nc2=O)C[C@@H]1O. The van der Waals surface area contributed by atoms with E-state index in [0.717, 1.165) is 6.42 Å². The van der Waals surface area contributed by atoms with Crippen LogP contribution in [0.2, 0.25) is 0 Å². The molecule has 19 heavy (non-hydrogen) atoms. The average Bonchev–Trinajstić information content (AvgIpc) is 2.67. The average molecular weight is 269 g/mol. The molecule has 0 aromatic carbocycles. The lowest BCUT2D eigenvalue weighted by Gasteiger charge is -2.29. The van der Waals surface area contributed by atoms with E-state index in [9.17, 15) is 15.0 Å². The zero-order valence-electron chi connectivity index (χ0n) is 10.8. The lowest BCUT2D eigenvalue weighted by Crippen LogP contribution is -2.43. The van der Waals surface area contributed by atoms with Crippen molar-refractivity contribution in [3.63, 3.8) is 0 Å². The van der Waals surface area contributed by atoms with Crippen LogP contribution in [0.25, 0.3) is 0 Å². The van der Waals surface area contributed by atoms with E-state index in [0.29, 0.717) is 6.42 Å². The third kappa shape index (κ3) is 2.49. The number of nitrogens with two attached hydrogens (primary N) is 1. The van der Waals surface area contributed by atoms with Gasteiger partial charge in [-0.05, 0) is 12.5 Å². The third-order valence-corrected chi connectivity index (χ3v) is 3.51. The van der Waals surface area contributed by atoms with Crippen molar-refractivity contribution >= 4 is 5.82 Å². The van der Waals surface area contributed by atoms with Gasteiger partial charge in [-0.15, -0.1) is 0 Å². The predicted molar refractivity (Wildman–Crippen MR) is 68.4 cm³/mol. The van der Waals surface area contributed by atoms with Crippen molar-refractivity contribution in [2.24, 2.45) is 0 Å². The highest BCUT2D eigenvalue weighted by Gasteiger charge is 2.47. The van der Waals surface area contributed by atoms with Crippen molar-refractivity contribution in [3.05, 3.63) is 22.7 Å². The molecule has 0 spiro atoms. The van der Waals surface area contributed by atoms with Crippen LogP contribution in [0.1, 0.15) is 32.4 Å². The lowest BCUT2D eigenvalue weighted by atomic mass is 9.92. The summed E-state index contributed by atoms with van der Waals surface area (Å²) in [6, 6.07) is 1.50. The van der Waals surface area contributed by atoms with E-state index in [2.05, 4.69) is 4.98 Å². The second-order valence-corrected chi connectivity index (χ2v) is 4.84. The van der Waals surface area contributed by atoms with Gasteiger partial charge in [-0.2, -0.15) is 4.98 Å². The summed E-state index contributed by atoms with van der Waals surface area (Å²) >= 11 is 0. The molecule has 0 radical (unpaired) electrons. The molecule has 0 saturated carbocycles. The topological polar surface area (TPSA) is 111 Å². The van der Waals surface area contributed by atoms with Gasteiger partial charge in [0.2, 0.25) is 0 Å². The second-order valence-electron chi connectivity index (χ2n) is 4.84. The standard InChI is InChI=1S/C12H19N3O4/c1-2-4-12(7-16)8(17)6-10(19-12)15-5-3-9(13)14-11(15)18/h3,5,8,10,16-17H,2,4,6-7H2,1H3,(H2,13,14,18)/t8-,10+,12+/m0/s1. The Morgan fingerprint density at radius 3 is 3.00 bits per heavy atom. The van der Waals surface area contributed by atoms with Crippen LogP contribution in [0.5, 0.6) is 0 Å². The summed E-state index contributed by atoms with van der Waals surface area (Å²) in [7, 11) is 0. The quantitative estimate of drug-likeness (QED) is 0.688. The summed E-state index contributed by atoms with van der Waals surface area (Å²) in [5, 5.41) is 19.6. The Bertz CT molecular complexity index is 504. The lowest BCUT2D eigenvalue weighted by molar-refractivity contribution is -0.132. The molecule has 1 fully saturated rings. The van der Waals surface area contributed by atoms with Crippen molar-refractivity contribution in [1.82, 2.24) is 9.55 Å². The van der Waals surface area contributed by atoms with E-state index in [1.54, 1.807) is 0 Å². The fourth-order valence-electron chi connectivity index (χ4n) is 2.49. The van der Waals surface area contributed by atoms with Crippen molar-refractivity contribution in [2.45, 2.75) is 44.1 Å². The molecule has 0 aliphatic carbocycles. The number of anilines is 1. The molecular weight excluding hydrogens is 250 g/mol. The number of ether oxygens (including phenoxy) is 1. The van der Waals surface area contributed by atoms with Crippen molar-refractivity contribution in [2.75, 3.05) is 12.3 Å². The Morgan fingerprint density at radius 1 is 1.68 bits per heavy atom. The van der Waals surface area contributed by atoms with Gasteiger partial charge in [-0.25, -0.2) is 4.79 Å². The molecule has 2 rings (SSSR count). The third-order valence-electron chi connectivity index (χ3n) is 3.51. The van der Waals surface area contributed by atoms with Crippen LogP contribution in [0.4, 0.5) is 5.82 Å². The van der Waals surface area contributed by atoms with E-state index in [4.69, 9.17) is 10.5 Å². The zero-order valence-corrected chi connectivity index (χ0v) is 10.8. The van der Waals surface area contributed by atoms with Gasteiger partial charge in [0.1, 0.15) is 17.6 Å². The first-order valence-electron chi connectivity index (χ1n) is 6.34. The van der Waals surface area contributed by atoms with E-state index >= 15 is 0 Å². The number of hydrogen-bond acceptors (Lipinski definition) is 6. The van der Waals surface area contributed by atoms with E-state index in [1.807, 2.05) is 6.92 Å². The van der Waals surface area contributed by atoms with Gasteiger partial charge in [0.15, 0.2) is 0 Å². The summed E-state index contributed by atoms with van der Waals surface area (Å²) in [5.41, 5.74) is 3.90. The Kier molecular flexibility index (Phi) is 3.88. The molecule has 1 aliphatic heterocycles. The van der Waals surface area contributed by atoms with E-state index in [1.165, 1.54) is 16.8 Å². The normalized spacial score (nSPS) is 30.7. The molecule has 7 heteroatoms. The maximum atomic E-state index is 11.7. The Hall–Kier alpha value is -1.44. The Labute approximate surface area is 110 Å². The van der Waals surface area contributed by atoms with Gasteiger partial charge in [0, 0.05) is 12.6 Å². The number of aliphatic hydroxyl groups excluding tert-OH is 2. The van der Waals surface area contributed by atoms with Crippen LogP contribution in [0.3, 0.4) is 0 Å². The van der Waals surface area contributed by atoms with Crippen LogP contribution >= 0.6 is 0 Å². The van der Waals surface area contributed by atoms with Gasteiger partial charge < -0.3 is 20.7 Å². The fourth-order valence-corrected chi connectivity index (χ4v) is 2.49. The summed E-state index contributed by atoms with van der Waals surface area (Å²) in [4.78, 5) is 15.4. The molecule has 7 nitrogen and oxygen atoms in total. The first-order chi connectivity index (χ1) is 9.02. The number of nitrogens with zero attached hydrogens (tertiary/aromatic N) is 2. The highest BCUT2D eigenvalue weighted by Crippen LogP contribution is 2.38. The largest absolute Gasteiger partial charge is 0.393 e. The van der Waals surface area contributed by atoms with Gasteiger partial charge in [0.25, 0.3) is 0 Å². The van der Waals surface area contributed by atoms with Gasteiger partial charge in [-0.3, -0.25) is 4.57 Å². The fraction of sp³-hybridized carbons (Fsp3) is 0.667. The molecule has 0 unspecified atom stereocenters. The highest BCUT2D eigenvalue weighted by molar-refractivity contribution is 5.23. The van der Waals surface area contributed by atoms with Crippen LogP contribution in [0, 0.1) is 0 Å². The van der Waals surface area contributed by atoms with Crippen LogP contribution in [0.15, 0.2) is 17.1 Å². The summed E-state index contributed by atoms with van der Waals surface area (Å²) in [6.45, 7) is 1.66. The van der Waals surface area contributed by atoms with Crippen molar-refractivity contribution in [3.8, 4) is 0 Å².